The molecule has 4 heteroatoms. The maximum Gasteiger partial charge on any atom is 0.0559 e. The molecule has 0 saturated carbocycles. The zero-order chi connectivity index (χ0) is 20.7. The van der Waals surface area contributed by atoms with Crippen LogP contribution in [0.2, 0.25) is 5.02 Å². The molecule has 0 radical (unpaired) electrons. The molecule has 1 aliphatic heterocycles. The van der Waals surface area contributed by atoms with Crippen LogP contribution >= 0.6 is 23.5 Å². The second-order valence-electron chi connectivity index (χ2n) is 7.38. The Morgan fingerprint density at radius 2 is 1.93 bits per heavy atom. The van der Waals surface area contributed by atoms with E-state index in [1.54, 1.807) is 11.9 Å². The summed E-state index contributed by atoms with van der Waals surface area (Å²) in [6.45, 7) is 14.9. The van der Waals surface area contributed by atoms with Crippen molar-refractivity contribution >= 4 is 29.2 Å². The highest BCUT2D eigenvalue weighted by Crippen LogP contribution is 2.51. The Kier molecular flexibility index (Phi) is 8.48. The highest BCUT2D eigenvalue weighted by molar-refractivity contribution is 8.00. The van der Waals surface area contributed by atoms with E-state index in [9.17, 15) is 0 Å². The Hall–Kier alpha value is -1.42. The highest BCUT2D eigenvalue weighted by atomic mass is 35.5. The topological polar surface area (TPSA) is 15.3 Å². The quantitative estimate of drug-likeness (QED) is 0.299. The lowest BCUT2D eigenvalue weighted by atomic mass is 9.75. The number of anilines is 1. The van der Waals surface area contributed by atoms with Gasteiger partial charge in [0.1, 0.15) is 0 Å². The van der Waals surface area contributed by atoms with Gasteiger partial charge in [-0.25, -0.2) is 0 Å². The smallest absolute Gasteiger partial charge is 0.0559 e. The number of benzene rings is 2. The molecule has 152 valence electrons. The third-order valence-corrected chi connectivity index (χ3v) is 7.04. The average molecular weight is 417 g/mol. The van der Waals surface area contributed by atoms with Crippen LogP contribution in [0.3, 0.4) is 0 Å². The summed E-state index contributed by atoms with van der Waals surface area (Å²) in [4.78, 5) is 1.13. The zero-order valence-electron chi connectivity index (χ0n) is 17.6. The molecule has 1 atom stereocenters. The number of halogens is 1. The standard InChI is InChI=1S/C22H29ClN2S.C2H4/c1-5-22(11-8-12-24-4)15-25(26-20-10-7-6-9-19(20)23)21-17(3)13-16(2)14-18(21)22;1-2/h6-7,9-10,13-14,24H,5,8,11-12,15H2,1-4H3;1-2H2. The maximum atomic E-state index is 6.45. The van der Waals surface area contributed by atoms with Crippen molar-refractivity contribution in [2.75, 3.05) is 24.4 Å². The number of hydrogen-bond donors (Lipinski definition) is 1. The second-order valence-corrected chi connectivity index (χ2v) is 8.85. The van der Waals surface area contributed by atoms with Gasteiger partial charge in [-0.2, -0.15) is 0 Å². The van der Waals surface area contributed by atoms with Crippen LogP contribution in [0, 0.1) is 13.8 Å². The summed E-state index contributed by atoms with van der Waals surface area (Å²) in [6.07, 6.45) is 3.56. The summed E-state index contributed by atoms with van der Waals surface area (Å²) in [6, 6.07) is 12.9. The molecule has 0 fully saturated rings. The van der Waals surface area contributed by atoms with Gasteiger partial charge in [-0.05, 0) is 81.9 Å². The van der Waals surface area contributed by atoms with Crippen LogP contribution in [0.25, 0.3) is 0 Å². The van der Waals surface area contributed by atoms with Crippen LogP contribution in [-0.4, -0.2) is 20.1 Å². The molecule has 2 aromatic carbocycles. The lowest BCUT2D eigenvalue weighted by Crippen LogP contribution is -2.31. The van der Waals surface area contributed by atoms with E-state index >= 15 is 0 Å². The minimum absolute atomic E-state index is 0.219. The molecule has 1 unspecified atom stereocenters. The second kappa shape index (κ2) is 10.4. The van der Waals surface area contributed by atoms with Crippen molar-refractivity contribution in [1.29, 1.82) is 0 Å². The Labute approximate surface area is 180 Å². The van der Waals surface area contributed by atoms with Gasteiger partial charge in [-0.1, -0.05) is 48.4 Å². The fourth-order valence-corrected chi connectivity index (χ4v) is 5.56. The maximum absolute atomic E-state index is 6.45. The van der Waals surface area contributed by atoms with Gasteiger partial charge in [0.05, 0.1) is 10.7 Å². The van der Waals surface area contributed by atoms with Crippen LogP contribution in [0.5, 0.6) is 0 Å². The first-order valence-electron chi connectivity index (χ1n) is 9.97. The van der Waals surface area contributed by atoms with Gasteiger partial charge in [0.2, 0.25) is 0 Å². The number of nitrogens with one attached hydrogen (secondary N) is 1. The molecule has 1 aliphatic rings. The molecule has 1 N–H and O–H groups in total. The fourth-order valence-electron chi connectivity index (χ4n) is 4.15. The van der Waals surface area contributed by atoms with Crippen molar-refractivity contribution in [3.8, 4) is 0 Å². The van der Waals surface area contributed by atoms with Gasteiger partial charge in [-0.3, -0.25) is 0 Å². The summed E-state index contributed by atoms with van der Waals surface area (Å²) in [5.41, 5.74) is 5.86. The van der Waals surface area contributed by atoms with Gasteiger partial charge in [0.25, 0.3) is 0 Å². The van der Waals surface area contributed by atoms with Crippen molar-refractivity contribution in [2.45, 2.75) is 50.3 Å². The Bertz CT molecular complexity index is 792. The van der Waals surface area contributed by atoms with Crippen LogP contribution in [0.1, 0.15) is 42.9 Å². The lowest BCUT2D eigenvalue weighted by Gasteiger charge is -2.29. The largest absolute Gasteiger partial charge is 0.320 e. The molecule has 0 aromatic heterocycles. The van der Waals surface area contributed by atoms with Crippen molar-refractivity contribution in [2.24, 2.45) is 0 Å². The lowest BCUT2D eigenvalue weighted by molar-refractivity contribution is 0.397. The van der Waals surface area contributed by atoms with E-state index in [-0.39, 0.29) is 5.41 Å². The van der Waals surface area contributed by atoms with E-state index in [0.717, 1.165) is 29.4 Å². The minimum atomic E-state index is 0.219. The third kappa shape index (κ3) is 4.76. The molecule has 28 heavy (non-hydrogen) atoms. The highest BCUT2D eigenvalue weighted by Gasteiger charge is 2.42. The number of rotatable bonds is 7. The first kappa shape index (κ1) is 22.9. The van der Waals surface area contributed by atoms with E-state index in [0.29, 0.717) is 0 Å². The van der Waals surface area contributed by atoms with E-state index < -0.39 is 0 Å². The van der Waals surface area contributed by atoms with Crippen molar-refractivity contribution in [1.82, 2.24) is 5.32 Å². The Morgan fingerprint density at radius 3 is 2.57 bits per heavy atom. The monoisotopic (exact) mass is 416 g/mol. The molecule has 0 spiro atoms. The summed E-state index contributed by atoms with van der Waals surface area (Å²) >= 11 is 8.23. The predicted octanol–water partition coefficient (Wildman–Crippen LogP) is 6.93. The summed E-state index contributed by atoms with van der Waals surface area (Å²) in [5, 5.41) is 4.13. The van der Waals surface area contributed by atoms with E-state index in [1.807, 2.05) is 19.2 Å². The molecule has 0 saturated heterocycles. The van der Waals surface area contributed by atoms with E-state index in [2.05, 4.69) is 67.8 Å². The minimum Gasteiger partial charge on any atom is -0.320 e. The van der Waals surface area contributed by atoms with Gasteiger partial charge >= 0.3 is 0 Å². The Morgan fingerprint density at radius 1 is 1.21 bits per heavy atom. The summed E-state index contributed by atoms with van der Waals surface area (Å²) < 4.78 is 2.48. The molecular formula is C24H33ClN2S. The number of fused-ring (bicyclic) bond motifs is 1. The van der Waals surface area contributed by atoms with Crippen molar-refractivity contribution < 1.29 is 0 Å². The molecule has 3 rings (SSSR count). The molecule has 1 heterocycles. The first-order valence-corrected chi connectivity index (χ1v) is 11.1. The first-order chi connectivity index (χ1) is 13.5. The van der Waals surface area contributed by atoms with Gasteiger partial charge in [0.15, 0.2) is 0 Å². The zero-order valence-corrected chi connectivity index (χ0v) is 19.2. The predicted molar refractivity (Wildman–Crippen MR) is 127 cm³/mol. The molecule has 0 aliphatic carbocycles. The number of aryl methyl sites for hydroxylation is 2. The van der Waals surface area contributed by atoms with E-state index in [1.165, 1.54) is 35.2 Å². The molecular weight excluding hydrogens is 384 g/mol. The van der Waals surface area contributed by atoms with Crippen LogP contribution in [0.15, 0.2) is 54.5 Å². The molecule has 0 amide bonds. The SMILES string of the molecule is C=C.CCC1(CCCNC)CN(Sc2ccccc2Cl)c2c(C)cc(C)cc21. The van der Waals surface area contributed by atoms with Gasteiger partial charge < -0.3 is 9.62 Å². The van der Waals surface area contributed by atoms with Crippen LogP contribution in [0.4, 0.5) is 5.69 Å². The van der Waals surface area contributed by atoms with Crippen LogP contribution < -0.4 is 9.62 Å². The van der Waals surface area contributed by atoms with Crippen molar-refractivity contribution in [3.63, 3.8) is 0 Å². The van der Waals surface area contributed by atoms with Gasteiger partial charge in [0, 0.05) is 16.9 Å². The van der Waals surface area contributed by atoms with E-state index in [4.69, 9.17) is 11.6 Å². The summed E-state index contributed by atoms with van der Waals surface area (Å²) in [5.74, 6) is 0. The van der Waals surface area contributed by atoms with Crippen molar-refractivity contribution in [3.05, 3.63) is 71.3 Å². The average Bonchev–Trinajstić information content (AvgIpc) is 2.99. The molecule has 2 aromatic rings. The summed E-state index contributed by atoms with van der Waals surface area (Å²) in [7, 11) is 2.04. The third-order valence-electron chi connectivity index (χ3n) is 5.52. The van der Waals surface area contributed by atoms with Gasteiger partial charge in [-0.15, -0.1) is 13.2 Å². The number of hydrogen-bond acceptors (Lipinski definition) is 3. The normalized spacial score (nSPS) is 17.8. The van der Waals surface area contributed by atoms with Crippen LogP contribution in [-0.2, 0) is 5.41 Å². The fraction of sp³-hybridized carbons (Fsp3) is 0.417. The molecule has 0 bridgehead atoms. The number of nitrogens with zero attached hydrogens (tertiary/aromatic N) is 1. The molecule has 2 nitrogen and oxygen atoms in total. The Balaban J connectivity index is 0.00000136.